The molecule has 112 valence electrons. The summed E-state index contributed by atoms with van der Waals surface area (Å²) in [6.07, 6.45) is 5.11. The summed E-state index contributed by atoms with van der Waals surface area (Å²) in [5.74, 6) is -0.651. The van der Waals surface area contributed by atoms with Gasteiger partial charge in [-0.25, -0.2) is 8.78 Å². The number of hydrogen-bond acceptors (Lipinski definition) is 2. The van der Waals surface area contributed by atoms with Crippen LogP contribution >= 0.6 is 0 Å². The van der Waals surface area contributed by atoms with Gasteiger partial charge in [0.05, 0.1) is 10.9 Å². The van der Waals surface area contributed by atoms with Crippen molar-refractivity contribution in [2.24, 2.45) is 0 Å². The Morgan fingerprint density at radius 1 is 1.27 bits per heavy atom. The third-order valence-corrected chi connectivity index (χ3v) is 3.34. The summed E-state index contributed by atoms with van der Waals surface area (Å²) >= 11 is 0. The Kier molecular flexibility index (Phi) is 4.51. The fraction of sp³-hybridized carbons (Fsp3) is 0.0556. The lowest BCUT2D eigenvalue weighted by Gasteiger charge is -2.08. The van der Waals surface area contributed by atoms with Crippen LogP contribution in [0.25, 0.3) is 29.2 Å². The van der Waals surface area contributed by atoms with Gasteiger partial charge in [-0.2, -0.15) is 0 Å². The minimum Gasteiger partial charge on any atom is -0.456 e. The van der Waals surface area contributed by atoms with Crippen LogP contribution in [-0.4, -0.2) is 0 Å². The van der Waals surface area contributed by atoms with E-state index in [0.29, 0.717) is 33.4 Å². The third-order valence-electron chi connectivity index (χ3n) is 3.34. The molecule has 0 aliphatic carbocycles. The summed E-state index contributed by atoms with van der Waals surface area (Å²) in [5.41, 5.74) is 1.70. The predicted octanol–water partition coefficient (Wildman–Crippen LogP) is 5.18. The summed E-state index contributed by atoms with van der Waals surface area (Å²) in [6, 6.07) is 3.28. The van der Waals surface area contributed by atoms with E-state index < -0.39 is 5.83 Å². The van der Waals surface area contributed by atoms with Crippen molar-refractivity contribution in [2.45, 2.75) is 6.92 Å². The first kappa shape index (κ1) is 15.6. The van der Waals surface area contributed by atoms with Crippen LogP contribution in [0.5, 0.6) is 0 Å². The maximum absolute atomic E-state index is 12.9. The highest BCUT2D eigenvalue weighted by Crippen LogP contribution is 2.24. The molecule has 2 nitrogen and oxygen atoms in total. The quantitative estimate of drug-likeness (QED) is 0.728. The van der Waals surface area contributed by atoms with Crippen molar-refractivity contribution < 1.29 is 13.2 Å². The van der Waals surface area contributed by atoms with E-state index in [1.165, 1.54) is 18.2 Å². The molecule has 0 fully saturated rings. The van der Waals surface area contributed by atoms with E-state index >= 15 is 0 Å². The van der Waals surface area contributed by atoms with Crippen molar-refractivity contribution >= 4 is 29.2 Å². The zero-order valence-corrected chi connectivity index (χ0v) is 12.0. The summed E-state index contributed by atoms with van der Waals surface area (Å²) < 4.78 is 30.5. The molecule has 2 rings (SSSR count). The summed E-state index contributed by atoms with van der Waals surface area (Å²) in [6.45, 7) is 8.94. The fourth-order valence-electron chi connectivity index (χ4n) is 2.22. The average molecular weight is 300 g/mol. The lowest BCUT2D eigenvalue weighted by atomic mass is 10.0. The van der Waals surface area contributed by atoms with Gasteiger partial charge in [-0.3, -0.25) is 4.79 Å². The monoisotopic (exact) mass is 300 g/mol. The minimum atomic E-state index is -1.000. The zero-order chi connectivity index (χ0) is 16.3. The zero-order valence-electron chi connectivity index (χ0n) is 12.0. The molecule has 0 saturated heterocycles. The molecule has 0 spiro atoms. The highest BCUT2D eigenvalue weighted by atomic mass is 19.2. The van der Waals surface area contributed by atoms with Crippen LogP contribution in [0.15, 0.2) is 52.7 Å². The number of fused-ring (bicyclic) bond motifs is 1. The SMILES string of the molecule is C=Cc1oc2ccc(/C=C\C(F)=C\F)c(C)c2c(=O)c1C=C. The van der Waals surface area contributed by atoms with Crippen molar-refractivity contribution in [3.05, 3.63) is 76.2 Å². The van der Waals surface area contributed by atoms with Crippen molar-refractivity contribution in [2.75, 3.05) is 0 Å². The largest absolute Gasteiger partial charge is 0.456 e. The van der Waals surface area contributed by atoms with Gasteiger partial charge >= 0.3 is 0 Å². The van der Waals surface area contributed by atoms with Gasteiger partial charge in [0.1, 0.15) is 17.7 Å². The van der Waals surface area contributed by atoms with E-state index in [4.69, 9.17) is 4.42 Å². The molecule has 22 heavy (non-hydrogen) atoms. The molecule has 0 aliphatic heterocycles. The van der Waals surface area contributed by atoms with Gasteiger partial charge in [-0.1, -0.05) is 31.4 Å². The Morgan fingerprint density at radius 2 is 2.00 bits per heavy atom. The number of hydrogen-bond donors (Lipinski definition) is 0. The Bertz CT molecular complexity index is 871. The van der Waals surface area contributed by atoms with Crippen LogP contribution in [0.3, 0.4) is 0 Å². The van der Waals surface area contributed by atoms with Crippen LogP contribution in [0, 0.1) is 6.92 Å². The van der Waals surface area contributed by atoms with E-state index in [0.717, 1.165) is 6.08 Å². The molecule has 1 aromatic heterocycles. The maximum Gasteiger partial charge on any atom is 0.200 e. The second-order valence-electron chi connectivity index (χ2n) is 4.60. The number of halogens is 2. The minimum absolute atomic E-state index is 0.132. The van der Waals surface area contributed by atoms with Gasteiger partial charge in [0.15, 0.2) is 5.83 Å². The molecule has 0 aliphatic rings. The van der Waals surface area contributed by atoms with Gasteiger partial charge in [-0.15, -0.1) is 0 Å². The van der Waals surface area contributed by atoms with E-state index in [2.05, 4.69) is 13.2 Å². The number of rotatable bonds is 4. The Labute approximate surface area is 126 Å². The molecule has 0 atom stereocenters. The molecule has 4 heteroatoms. The standard InChI is InChI=1S/C18H14F2O2/c1-4-14-15(5-2)22-16-9-7-12(6-8-13(20)10-19)11(3)17(16)18(14)21/h4-10H,1-2H2,3H3/b8-6-,13-10-. The number of benzene rings is 1. The molecule has 0 N–H and O–H groups in total. The molecule has 0 saturated carbocycles. The topological polar surface area (TPSA) is 30.2 Å². The molecule has 0 amide bonds. The second-order valence-corrected chi connectivity index (χ2v) is 4.60. The lowest BCUT2D eigenvalue weighted by Crippen LogP contribution is -2.09. The van der Waals surface area contributed by atoms with Gasteiger partial charge in [0, 0.05) is 0 Å². The average Bonchev–Trinajstić information content (AvgIpc) is 2.53. The first-order valence-corrected chi connectivity index (χ1v) is 6.52. The van der Waals surface area contributed by atoms with Crippen LogP contribution < -0.4 is 5.43 Å². The second kappa shape index (κ2) is 6.35. The van der Waals surface area contributed by atoms with Crippen molar-refractivity contribution in [3.8, 4) is 0 Å². The van der Waals surface area contributed by atoms with Crippen LogP contribution in [0.1, 0.15) is 22.5 Å². The molecular weight excluding hydrogens is 286 g/mol. The first-order valence-electron chi connectivity index (χ1n) is 6.52. The number of allylic oxidation sites excluding steroid dienone is 2. The molecule has 1 heterocycles. The van der Waals surface area contributed by atoms with Crippen molar-refractivity contribution in [1.82, 2.24) is 0 Å². The van der Waals surface area contributed by atoms with Gasteiger partial charge < -0.3 is 4.42 Å². The fourth-order valence-corrected chi connectivity index (χ4v) is 2.22. The van der Waals surface area contributed by atoms with Gasteiger partial charge in [0.25, 0.3) is 0 Å². The van der Waals surface area contributed by atoms with Crippen LogP contribution in [-0.2, 0) is 0 Å². The smallest absolute Gasteiger partial charge is 0.200 e. The van der Waals surface area contributed by atoms with E-state index in [9.17, 15) is 13.6 Å². The summed E-state index contributed by atoms with van der Waals surface area (Å²) in [4.78, 5) is 12.6. The molecular formula is C18H14F2O2. The van der Waals surface area contributed by atoms with E-state index in [1.807, 2.05) is 0 Å². The highest BCUT2D eigenvalue weighted by molar-refractivity contribution is 5.87. The first-order chi connectivity index (χ1) is 10.5. The summed E-state index contributed by atoms with van der Waals surface area (Å²) in [7, 11) is 0. The van der Waals surface area contributed by atoms with Crippen LogP contribution in [0.2, 0.25) is 0 Å². The van der Waals surface area contributed by atoms with Crippen molar-refractivity contribution in [3.63, 3.8) is 0 Å². The van der Waals surface area contributed by atoms with Crippen molar-refractivity contribution in [1.29, 1.82) is 0 Å². The predicted molar refractivity (Wildman–Crippen MR) is 86.7 cm³/mol. The van der Waals surface area contributed by atoms with Crippen LogP contribution in [0.4, 0.5) is 8.78 Å². The number of aryl methyl sites for hydroxylation is 1. The Balaban J connectivity index is 2.78. The lowest BCUT2D eigenvalue weighted by molar-refractivity contribution is 0.589. The van der Waals surface area contributed by atoms with Gasteiger partial charge in [-0.05, 0) is 36.3 Å². The Morgan fingerprint density at radius 3 is 2.59 bits per heavy atom. The van der Waals surface area contributed by atoms with E-state index in [-0.39, 0.29) is 11.8 Å². The summed E-state index contributed by atoms with van der Waals surface area (Å²) in [5, 5.41) is 0.382. The highest BCUT2D eigenvalue weighted by Gasteiger charge is 2.13. The maximum atomic E-state index is 12.9. The Hall–Kier alpha value is -2.75. The third kappa shape index (κ3) is 2.68. The molecule has 0 radical (unpaired) electrons. The van der Waals surface area contributed by atoms with Gasteiger partial charge in [0.2, 0.25) is 5.43 Å². The molecule has 0 bridgehead atoms. The molecule has 1 aromatic carbocycles. The molecule has 2 aromatic rings. The molecule has 0 unspecified atom stereocenters. The van der Waals surface area contributed by atoms with E-state index in [1.54, 1.807) is 19.1 Å². The normalized spacial score (nSPS) is 12.0.